The molecule has 3 nitrogen and oxygen atoms in total. The van der Waals surface area contributed by atoms with E-state index in [2.05, 4.69) is 31.0 Å². The highest BCUT2D eigenvalue weighted by Gasteiger charge is 2.36. The van der Waals surface area contributed by atoms with Crippen molar-refractivity contribution in [2.75, 3.05) is 11.9 Å². The quantitative estimate of drug-likeness (QED) is 0.838. The Bertz CT molecular complexity index is 575. The number of hydrogen-bond donors (Lipinski definition) is 2. The van der Waals surface area contributed by atoms with Crippen molar-refractivity contribution in [2.45, 2.75) is 46.0 Å². The van der Waals surface area contributed by atoms with Gasteiger partial charge < -0.3 is 10.4 Å². The van der Waals surface area contributed by atoms with Gasteiger partial charge in [-0.05, 0) is 43.0 Å². The molecule has 1 saturated carbocycles. The summed E-state index contributed by atoms with van der Waals surface area (Å²) in [5.41, 5.74) is 2.60. The van der Waals surface area contributed by atoms with E-state index in [1.807, 2.05) is 18.2 Å². The fourth-order valence-electron chi connectivity index (χ4n) is 2.88. The minimum absolute atomic E-state index is 0.129. The standard InChI is InChI=1S/C18H23NO2/c1-3-15-13-14(7-6-12-20)8-9-16(15)19-17(21)18(2)10-4-5-11-18/h8-9,13,20H,3-5,10-12H2,1-2H3,(H,19,21). The summed E-state index contributed by atoms with van der Waals surface area (Å²) in [4.78, 5) is 12.5. The molecule has 1 aliphatic carbocycles. The maximum absolute atomic E-state index is 12.5. The molecule has 2 rings (SSSR count). The Morgan fingerprint density at radius 1 is 1.38 bits per heavy atom. The van der Waals surface area contributed by atoms with Gasteiger partial charge in [-0.3, -0.25) is 4.79 Å². The van der Waals surface area contributed by atoms with Gasteiger partial charge in [-0.1, -0.05) is 38.5 Å². The summed E-state index contributed by atoms with van der Waals surface area (Å²) in [7, 11) is 0. The highest BCUT2D eigenvalue weighted by molar-refractivity contribution is 5.96. The van der Waals surface area contributed by atoms with E-state index in [0.717, 1.165) is 48.9 Å². The maximum Gasteiger partial charge on any atom is 0.230 e. The summed E-state index contributed by atoms with van der Waals surface area (Å²) in [5, 5.41) is 11.8. The van der Waals surface area contributed by atoms with Gasteiger partial charge in [0.1, 0.15) is 6.61 Å². The maximum atomic E-state index is 12.5. The van der Waals surface area contributed by atoms with Gasteiger partial charge in [0.25, 0.3) is 0 Å². The monoisotopic (exact) mass is 285 g/mol. The Balaban J connectivity index is 2.18. The summed E-state index contributed by atoms with van der Waals surface area (Å²) in [6, 6.07) is 5.78. The van der Waals surface area contributed by atoms with Crippen molar-refractivity contribution < 1.29 is 9.90 Å². The van der Waals surface area contributed by atoms with Crippen molar-refractivity contribution in [3.05, 3.63) is 29.3 Å². The Kier molecular flexibility index (Phi) is 5.03. The van der Waals surface area contributed by atoms with E-state index < -0.39 is 0 Å². The first-order valence-electron chi connectivity index (χ1n) is 7.63. The van der Waals surface area contributed by atoms with Crippen molar-refractivity contribution in [3.63, 3.8) is 0 Å². The summed E-state index contributed by atoms with van der Waals surface area (Å²) in [5.74, 6) is 5.67. The minimum atomic E-state index is -0.222. The van der Waals surface area contributed by atoms with Gasteiger partial charge in [0.2, 0.25) is 5.91 Å². The highest BCUT2D eigenvalue weighted by Crippen LogP contribution is 2.38. The van der Waals surface area contributed by atoms with Gasteiger partial charge in [-0.2, -0.15) is 0 Å². The Hall–Kier alpha value is -1.79. The molecule has 0 aliphatic heterocycles. The van der Waals surface area contributed by atoms with E-state index in [9.17, 15) is 4.79 Å². The van der Waals surface area contributed by atoms with Gasteiger partial charge in [-0.15, -0.1) is 0 Å². The molecule has 0 radical (unpaired) electrons. The number of carbonyl (C=O) groups excluding carboxylic acids is 1. The summed E-state index contributed by atoms with van der Waals surface area (Å²) >= 11 is 0. The molecule has 1 amide bonds. The number of rotatable bonds is 3. The molecule has 0 atom stereocenters. The number of nitrogens with one attached hydrogen (secondary N) is 1. The normalized spacial score (nSPS) is 16.1. The van der Waals surface area contributed by atoms with Crippen LogP contribution in [0.2, 0.25) is 0 Å². The third-order valence-corrected chi connectivity index (χ3v) is 4.30. The van der Waals surface area contributed by atoms with Gasteiger partial charge >= 0.3 is 0 Å². The van der Waals surface area contributed by atoms with Crippen molar-refractivity contribution in [2.24, 2.45) is 5.41 Å². The summed E-state index contributed by atoms with van der Waals surface area (Å²) in [6.45, 7) is 3.98. The van der Waals surface area contributed by atoms with Crippen LogP contribution in [0.3, 0.4) is 0 Å². The van der Waals surface area contributed by atoms with Crippen molar-refractivity contribution in [1.29, 1.82) is 0 Å². The fraction of sp³-hybridized carbons (Fsp3) is 0.500. The molecule has 1 aromatic carbocycles. The highest BCUT2D eigenvalue weighted by atomic mass is 16.2. The zero-order valence-corrected chi connectivity index (χ0v) is 12.8. The first-order chi connectivity index (χ1) is 10.1. The second-order valence-electron chi connectivity index (χ2n) is 5.91. The lowest BCUT2D eigenvalue weighted by Crippen LogP contribution is -2.31. The largest absolute Gasteiger partial charge is 0.384 e. The van der Waals surface area contributed by atoms with Crippen LogP contribution >= 0.6 is 0 Å². The lowest BCUT2D eigenvalue weighted by molar-refractivity contribution is -0.124. The topological polar surface area (TPSA) is 49.3 Å². The molecule has 112 valence electrons. The van der Waals surface area contributed by atoms with Crippen LogP contribution in [-0.4, -0.2) is 17.6 Å². The van der Waals surface area contributed by atoms with Crippen molar-refractivity contribution in [1.82, 2.24) is 0 Å². The second kappa shape index (κ2) is 6.78. The lowest BCUT2D eigenvalue weighted by atomic mass is 9.87. The first-order valence-corrected chi connectivity index (χ1v) is 7.63. The third-order valence-electron chi connectivity index (χ3n) is 4.30. The molecule has 0 heterocycles. The van der Waals surface area contributed by atoms with E-state index >= 15 is 0 Å². The van der Waals surface area contributed by atoms with E-state index in [0.29, 0.717) is 0 Å². The predicted octanol–water partition coefficient (Wildman–Crippen LogP) is 3.11. The molecule has 0 unspecified atom stereocenters. The number of aryl methyl sites for hydroxylation is 1. The number of hydrogen-bond acceptors (Lipinski definition) is 2. The van der Waals surface area contributed by atoms with E-state index in [1.54, 1.807) is 0 Å². The molecule has 0 aromatic heterocycles. The van der Waals surface area contributed by atoms with Gasteiger partial charge in [-0.25, -0.2) is 0 Å². The minimum Gasteiger partial charge on any atom is -0.384 e. The zero-order valence-electron chi connectivity index (χ0n) is 12.8. The molecular weight excluding hydrogens is 262 g/mol. The van der Waals surface area contributed by atoms with Crippen molar-refractivity contribution >= 4 is 11.6 Å². The fourth-order valence-corrected chi connectivity index (χ4v) is 2.88. The number of amides is 1. The van der Waals surface area contributed by atoms with Crippen LogP contribution in [0.1, 0.15) is 50.7 Å². The average molecular weight is 285 g/mol. The van der Waals surface area contributed by atoms with Crippen LogP contribution in [0.5, 0.6) is 0 Å². The van der Waals surface area contributed by atoms with Crippen LogP contribution in [0, 0.1) is 17.3 Å². The molecule has 1 aliphatic rings. The molecule has 0 spiro atoms. The second-order valence-corrected chi connectivity index (χ2v) is 5.91. The smallest absolute Gasteiger partial charge is 0.230 e. The zero-order chi connectivity index (χ0) is 15.3. The van der Waals surface area contributed by atoms with Crippen molar-refractivity contribution in [3.8, 4) is 11.8 Å². The van der Waals surface area contributed by atoms with Crippen LogP contribution in [0.4, 0.5) is 5.69 Å². The molecule has 1 aromatic rings. The Morgan fingerprint density at radius 2 is 2.10 bits per heavy atom. The third kappa shape index (κ3) is 3.65. The van der Waals surface area contributed by atoms with Gasteiger partial charge in [0, 0.05) is 16.7 Å². The number of carbonyl (C=O) groups is 1. The number of anilines is 1. The molecule has 3 heteroatoms. The van der Waals surface area contributed by atoms with Gasteiger partial charge in [0.15, 0.2) is 0 Å². The summed E-state index contributed by atoms with van der Waals surface area (Å²) in [6.07, 6.45) is 5.06. The first kappa shape index (κ1) is 15.6. The average Bonchev–Trinajstić information content (AvgIpc) is 2.94. The van der Waals surface area contributed by atoms with E-state index in [-0.39, 0.29) is 17.9 Å². The molecule has 1 fully saturated rings. The van der Waals surface area contributed by atoms with Crippen LogP contribution in [-0.2, 0) is 11.2 Å². The van der Waals surface area contributed by atoms with E-state index in [4.69, 9.17) is 5.11 Å². The van der Waals surface area contributed by atoms with Crippen LogP contribution in [0.15, 0.2) is 18.2 Å². The molecular formula is C18H23NO2. The Morgan fingerprint density at radius 3 is 2.71 bits per heavy atom. The lowest BCUT2D eigenvalue weighted by Gasteiger charge is -2.23. The predicted molar refractivity (Wildman–Crippen MR) is 85.0 cm³/mol. The van der Waals surface area contributed by atoms with Gasteiger partial charge in [0.05, 0.1) is 0 Å². The van der Waals surface area contributed by atoms with Crippen LogP contribution in [0.25, 0.3) is 0 Å². The number of benzene rings is 1. The molecule has 21 heavy (non-hydrogen) atoms. The number of aliphatic hydroxyl groups is 1. The molecule has 2 N–H and O–H groups in total. The Labute approximate surface area is 126 Å². The number of aliphatic hydroxyl groups excluding tert-OH is 1. The summed E-state index contributed by atoms with van der Waals surface area (Å²) < 4.78 is 0. The molecule has 0 saturated heterocycles. The van der Waals surface area contributed by atoms with E-state index in [1.165, 1.54) is 0 Å². The van der Waals surface area contributed by atoms with Crippen LogP contribution < -0.4 is 5.32 Å². The molecule has 0 bridgehead atoms. The SMILES string of the molecule is CCc1cc(C#CCO)ccc1NC(=O)C1(C)CCCC1.